The monoisotopic (exact) mass is 238 g/mol. The molecule has 0 bridgehead atoms. The molecule has 0 aromatic heterocycles. The summed E-state index contributed by atoms with van der Waals surface area (Å²) in [6.45, 7) is 0.736. The first-order valence-electron chi connectivity index (χ1n) is 4.45. The predicted octanol–water partition coefficient (Wildman–Crippen LogP) is -1.71. The van der Waals surface area contributed by atoms with Crippen molar-refractivity contribution in [1.29, 1.82) is 0 Å². The number of aliphatic hydroxyl groups is 3. The molecule has 6 nitrogen and oxygen atoms in total. The van der Waals surface area contributed by atoms with Gasteiger partial charge in [0.05, 0.1) is 6.61 Å². The Labute approximate surface area is 92.2 Å². The first-order valence-corrected chi connectivity index (χ1v) is 4.96. The summed E-state index contributed by atoms with van der Waals surface area (Å²) in [6, 6.07) is 0. The zero-order chi connectivity index (χ0) is 11.6. The van der Waals surface area contributed by atoms with Crippen molar-refractivity contribution in [3.05, 3.63) is 0 Å². The Morgan fingerprint density at radius 3 is 2.53 bits per heavy atom. The van der Waals surface area contributed by atoms with Crippen molar-refractivity contribution in [1.82, 2.24) is 0 Å². The Morgan fingerprint density at radius 2 is 2.07 bits per heavy atom. The van der Waals surface area contributed by atoms with Crippen LogP contribution in [0.4, 0.5) is 0 Å². The molecule has 1 heterocycles. The molecule has 88 valence electrons. The number of aliphatic hydroxyl groups excluding tert-OH is 3. The van der Waals surface area contributed by atoms with Crippen molar-refractivity contribution in [2.45, 2.75) is 36.8 Å². The third-order valence-electron chi connectivity index (χ3n) is 2.14. The topological polar surface area (TPSA) is 96.2 Å². The lowest BCUT2D eigenvalue weighted by molar-refractivity contribution is -0.217. The van der Waals surface area contributed by atoms with Gasteiger partial charge in [0, 0.05) is 6.92 Å². The fourth-order valence-corrected chi connectivity index (χ4v) is 1.78. The van der Waals surface area contributed by atoms with E-state index in [1.54, 1.807) is 0 Å². The molecule has 7 heteroatoms. The maximum Gasteiger partial charge on any atom is 0.303 e. The third kappa shape index (κ3) is 2.82. The maximum absolute atomic E-state index is 10.7. The third-order valence-corrected chi connectivity index (χ3v) is 2.56. The van der Waals surface area contributed by atoms with Crippen LogP contribution in [0.1, 0.15) is 6.92 Å². The first kappa shape index (κ1) is 12.7. The smallest absolute Gasteiger partial charge is 0.303 e. The van der Waals surface area contributed by atoms with Crippen molar-refractivity contribution in [3.63, 3.8) is 0 Å². The van der Waals surface area contributed by atoms with E-state index in [1.807, 2.05) is 0 Å². The highest BCUT2D eigenvalue weighted by atomic mass is 32.1. The minimum Gasteiger partial charge on any atom is -0.456 e. The number of rotatable bonds is 2. The quantitative estimate of drug-likeness (QED) is 0.338. The summed E-state index contributed by atoms with van der Waals surface area (Å²) >= 11 is 3.96. The Morgan fingerprint density at radius 1 is 1.47 bits per heavy atom. The minimum absolute atomic E-state index is 0.442. The van der Waals surface area contributed by atoms with E-state index in [0.717, 1.165) is 0 Å². The van der Waals surface area contributed by atoms with Crippen LogP contribution < -0.4 is 0 Å². The van der Waals surface area contributed by atoms with Crippen LogP contribution in [0, 0.1) is 0 Å². The molecule has 1 rings (SSSR count). The van der Waals surface area contributed by atoms with Crippen molar-refractivity contribution < 1.29 is 29.6 Å². The number of carbonyl (C=O) groups excluding carboxylic acids is 1. The van der Waals surface area contributed by atoms with Gasteiger partial charge < -0.3 is 24.8 Å². The average Bonchev–Trinajstić information content (AvgIpc) is 2.18. The van der Waals surface area contributed by atoms with Gasteiger partial charge in [-0.15, -0.1) is 12.6 Å². The lowest BCUT2D eigenvalue weighted by Crippen LogP contribution is -2.58. The highest BCUT2D eigenvalue weighted by Crippen LogP contribution is 2.25. The SMILES string of the molecule is CC(=O)O[C@H]1C(S)O[C@H](CO)[C@H](O)[C@@H]1O. The second kappa shape index (κ2) is 5.13. The molecule has 1 fully saturated rings. The molecule has 0 amide bonds. The normalized spacial score (nSPS) is 41.3. The molecule has 1 aliphatic heterocycles. The molecule has 0 spiro atoms. The summed E-state index contributed by atoms with van der Waals surface area (Å²) in [7, 11) is 0. The molecule has 0 aromatic carbocycles. The van der Waals surface area contributed by atoms with Crippen LogP contribution >= 0.6 is 12.6 Å². The van der Waals surface area contributed by atoms with E-state index in [2.05, 4.69) is 12.6 Å². The van der Waals surface area contributed by atoms with Crippen LogP contribution in [0.15, 0.2) is 0 Å². The molecule has 0 aromatic rings. The molecule has 1 saturated heterocycles. The van der Waals surface area contributed by atoms with E-state index in [0.29, 0.717) is 0 Å². The summed E-state index contributed by atoms with van der Waals surface area (Å²) in [4.78, 5) is 10.7. The molecule has 0 radical (unpaired) electrons. The van der Waals surface area contributed by atoms with Crippen LogP contribution in [0.3, 0.4) is 0 Å². The van der Waals surface area contributed by atoms with Crippen molar-refractivity contribution in [2.24, 2.45) is 0 Å². The van der Waals surface area contributed by atoms with Gasteiger partial charge in [0.25, 0.3) is 0 Å². The van der Waals surface area contributed by atoms with Gasteiger partial charge in [0.2, 0.25) is 0 Å². The number of esters is 1. The fourth-order valence-electron chi connectivity index (χ4n) is 1.39. The van der Waals surface area contributed by atoms with Crippen molar-refractivity contribution in [3.8, 4) is 0 Å². The fraction of sp³-hybridized carbons (Fsp3) is 0.875. The Kier molecular flexibility index (Phi) is 4.35. The second-order valence-corrected chi connectivity index (χ2v) is 3.81. The lowest BCUT2D eigenvalue weighted by atomic mass is 10.0. The Balaban J connectivity index is 2.70. The zero-order valence-corrected chi connectivity index (χ0v) is 9.00. The van der Waals surface area contributed by atoms with Gasteiger partial charge in [-0.25, -0.2) is 0 Å². The summed E-state index contributed by atoms with van der Waals surface area (Å²) in [5.41, 5.74) is -0.871. The molecule has 5 atom stereocenters. The van der Waals surface area contributed by atoms with Crippen LogP contribution in [-0.2, 0) is 14.3 Å². The van der Waals surface area contributed by atoms with Gasteiger partial charge in [0.15, 0.2) is 6.10 Å². The largest absolute Gasteiger partial charge is 0.456 e. The lowest BCUT2D eigenvalue weighted by Gasteiger charge is -2.39. The molecular formula is C8H14O6S. The van der Waals surface area contributed by atoms with E-state index in [1.165, 1.54) is 6.92 Å². The second-order valence-electron chi connectivity index (χ2n) is 3.30. The van der Waals surface area contributed by atoms with Gasteiger partial charge in [0.1, 0.15) is 23.7 Å². The molecule has 3 N–H and O–H groups in total. The molecule has 0 aliphatic carbocycles. The highest BCUT2D eigenvalue weighted by Gasteiger charge is 2.44. The average molecular weight is 238 g/mol. The van der Waals surface area contributed by atoms with Crippen LogP contribution in [0.5, 0.6) is 0 Å². The number of ether oxygens (including phenoxy) is 2. The van der Waals surface area contributed by atoms with Gasteiger partial charge in [-0.05, 0) is 0 Å². The first-order chi connectivity index (χ1) is 6.97. The summed E-state index contributed by atoms with van der Waals surface area (Å²) < 4.78 is 9.81. The predicted molar refractivity (Wildman–Crippen MR) is 52.3 cm³/mol. The summed E-state index contributed by atoms with van der Waals surface area (Å²) in [5, 5.41) is 27.9. The van der Waals surface area contributed by atoms with Crippen LogP contribution in [0.25, 0.3) is 0 Å². The maximum atomic E-state index is 10.7. The van der Waals surface area contributed by atoms with Crippen LogP contribution in [-0.4, -0.2) is 57.7 Å². The Bertz CT molecular complexity index is 235. The number of carbonyl (C=O) groups is 1. The molecular weight excluding hydrogens is 224 g/mol. The van der Waals surface area contributed by atoms with Gasteiger partial charge in [-0.2, -0.15) is 0 Å². The summed E-state index contributed by atoms with van der Waals surface area (Å²) in [6.07, 6.45) is -4.58. The van der Waals surface area contributed by atoms with E-state index in [9.17, 15) is 15.0 Å². The Hall–Kier alpha value is -0.340. The van der Waals surface area contributed by atoms with E-state index >= 15 is 0 Å². The van der Waals surface area contributed by atoms with Crippen LogP contribution in [0.2, 0.25) is 0 Å². The molecule has 15 heavy (non-hydrogen) atoms. The molecule has 1 unspecified atom stereocenters. The van der Waals surface area contributed by atoms with Crippen molar-refractivity contribution >= 4 is 18.6 Å². The van der Waals surface area contributed by atoms with Gasteiger partial charge >= 0.3 is 5.97 Å². The molecule has 0 saturated carbocycles. The minimum atomic E-state index is -1.32. The number of thiol groups is 1. The van der Waals surface area contributed by atoms with E-state index in [-0.39, 0.29) is 0 Å². The number of hydrogen-bond donors (Lipinski definition) is 4. The van der Waals surface area contributed by atoms with E-state index in [4.69, 9.17) is 14.6 Å². The molecule has 1 aliphatic rings. The zero-order valence-electron chi connectivity index (χ0n) is 8.11. The van der Waals surface area contributed by atoms with E-state index < -0.39 is 42.4 Å². The highest BCUT2D eigenvalue weighted by molar-refractivity contribution is 7.80. The number of hydrogen-bond acceptors (Lipinski definition) is 7. The standard InChI is InChI=1S/C8H14O6S/c1-3(10)13-7-6(12)5(11)4(2-9)14-8(7)15/h4-9,11-12,15H,2H2,1H3/t4-,5+,6+,7-,8?/m1/s1. The van der Waals surface area contributed by atoms with Crippen molar-refractivity contribution in [2.75, 3.05) is 6.61 Å². The van der Waals surface area contributed by atoms with Gasteiger partial charge in [-0.3, -0.25) is 4.79 Å². The van der Waals surface area contributed by atoms with Gasteiger partial charge in [-0.1, -0.05) is 0 Å². The summed E-state index contributed by atoms with van der Waals surface area (Å²) in [5.74, 6) is -0.601.